The van der Waals surface area contributed by atoms with E-state index < -0.39 is 21.8 Å². The number of benzene rings is 2. The largest absolute Gasteiger partial charge is 0.481 e. The van der Waals surface area contributed by atoms with Crippen LogP contribution in [0.15, 0.2) is 41.3 Å². The van der Waals surface area contributed by atoms with E-state index in [-0.39, 0.29) is 38.5 Å². The molecule has 0 saturated carbocycles. The maximum absolute atomic E-state index is 13.4. The van der Waals surface area contributed by atoms with Crippen molar-refractivity contribution in [2.45, 2.75) is 75.6 Å². The number of carboxylic acid groups (broad SMARTS) is 1. The predicted octanol–water partition coefficient (Wildman–Crippen LogP) is 7.14. The van der Waals surface area contributed by atoms with E-state index in [1.807, 2.05) is 6.92 Å². The van der Waals surface area contributed by atoms with Gasteiger partial charge >= 0.3 is 5.97 Å². The fourth-order valence-electron chi connectivity index (χ4n) is 3.85. The summed E-state index contributed by atoms with van der Waals surface area (Å²) < 4.78 is 29.5. The molecule has 1 unspecified atom stereocenters. The minimum Gasteiger partial charge on any atom is -0.481 e. The highest BCUT2D eigenvalue weighted by molar-refractivity contribution is 7.89. The van der Waals surface area contributed by atoms with Crippen molar-refractivity contribution in [2.24, 2.45) is 0 Å². The van der Waals surface area contributed by atoms with Gasteiger partial charge in [0.2, 0.25) is 10.0 Å². The molecule has 0 amide bonds. The van der Waals surface area contributed by atoms with Crippen molar-refractivity contribution in [1.82, 2.24) is 4.72 Å². The Labute approximate surface area is 222 Å². The van der Waals surface area contributed by atoms with Crippen LogP contribution in [0.5, 0.6) is 0 Å². The lowest BCUT2D eigenvalue weighted by molar-refractivity contribution is -0.137. The number of ketones is 1. The van der Waals surface area contributed by atoms with Crippen molar-refractivity contribution in [3.63, 3.8) is 0 Å². The summed E-state index contributed by atoms with van der Waals surface area (Å²) in [5.41, 5.74) is -0.0341. The summed E-state index contributed by atoms with van der Waals surface area (Å²) in [4.78, 5) is 23.7. The van der Waals surface area contributed by atoms with Crippen LogP contribution in [0.1, 0.15) is 80.6 Å². The highest BCUT2D eigenvalue weighted by Crippen LogP contribution is 2.30. The molecule has 0 aliphatic heterocycles. The number of sulfonamides is 1. The number of carboxylic acids is 1. The van der Waals surface area contributed by atoms with Crippen molar-refractivity contribution in [2.75, 3.05) is 0 Å². The Morgan fingerprint density at radius 2 is 1.63 bits per heavy atom. The van der Waals surface area contributed by atoms with Crippen LogP contribution in [0.25, 0.3) is 0 Å². The zero-order chi connectivity index (χ0) is 26.0. The second-order valence-corrected chi connectivity index (χ2v) is 11.3. The van der Waals surface area contributed by atoms with E-state index in [4.69, 9.17) is 39.9 Å². The molecule has 0 aromatic heterocycles. The molecule has 0 fully saturated rings. The second kappa shape index (κ2) is 14.2. The zero-order valence-corrected chi connectivity index (χ0v) is 22.6. The van der Waals surface area contributed by atoms with Crippen LogP contribution in [0.4, 0.5) is 0 Å². The molecule has 0 bridgehead atoms. The van der Waals surface area contributed by atoms with Gasteiger partial charge in [0.05, 0.1) is 20.5 Å². The van der Waals surface area contributed by atoms with Crippen LogP contribution in [-0.2, 0) is 14.8 Å². The lowest BCUT2D eigenvalue weighted by Gasteiger charge is -2.20. The maximum Gasteiger partial charge on any atom is 0.303 e. The smallest absolute Gasteiger partial charge is 0.303 e. The molecule has 0 aliphatic carbocycles. The van der Waals surface area contributed by atoms with Gasteiger partial charge in [0.1, 0.15) is 0 Å². The van der Waals surface area contributed by atoms with E-state index in [1.165, 1.54) is 36.4 Å². The van der Waals surface area contributed by atoms with Gasteiger partial charge in [-0.1, -0.05) is 79.9 Å². The highest BCUT2D eigenvalue weighted by Gasteiger charge is 2.28. The van der Waals surface area contributed by atoms with E-state index in [9.17, 15) is 18.0 Å². The Kier molecular flexibility index (Phi) is 12.0. The number of rotatable bonds is 15. The number of carbonyl (C=O) groups excluding carboxylic acids is 1. The van der Waals surface area contributed by atoms with Crippen molar-refractivity contribution in [3.05, 3.63) is 62.6 Å². The molecule has 1 atom stereocenters. The van der Waals surface area contributed by atoms with E-state index >= 15 is 0 Å². The van der Waals surface area contributed by atoms with Gasteiger partial charge < -0.3 is 5.11 Å². The number of carbonyl (C=O) groups is 2. The Hall–Kier alpha value is -1.64. The molecule has 2 rings (SSSR count). The van der Waals surface area contributed by atoms with E-state index in [2.05, 4.69) is 4.72 Å². The number of aliphatic carboxylic acids is 1. The molecule has 2 aromatic carbocycles. The summed E-state index contributed by atoms with van der Waals surface area (Å²) >= 11 is 18.4. The summed E-state index contributed by atoms with van der Waals surface area (Å²) in [5.74, 6) is -1.40. The molecule has 0 radical (unpaired) electrons. The van der Waals surface area contributed by atoms with E-state index in [0.29, 0.717) is 24.3 Å². The Bertz CT molecular complexity index is 1140. The molecular formula is C25H30Cl3NO5S. The van der Waals surface area contributed by atoms with E-state index in [0.717, 1.165) is 32.1 Å². The van der Waals surface area contributed by atoms with Crippen LogP contribution in [0.2, 0.25) is 15.1 Å². The van der Waals surface area contributed by atoms with Gasteiger partial charge in [-0.2, -0.15) is 0 Å². The lowest BCUT2D eigenvalue weighted by atomic mass is 10.0. The molecule has 0 aliphatic rings. The molecule has 2 N–H and O–H groups in total. The number of nitrogens with one attached hydrogen (secondary N) is 1. The van der Waals surface area contributed by atoms with Gasteiger partial charge in [0.25, 0.3) is 0 Å². The quantitative estimate of drug-likeness (QED) is 0.177. The first-order valence-electron chi connectivity index (χ1n) is 11.6. The molecule has 0 saturated heterocycles. The Morgan fingerprint density at radius 3 is 2.29 bits per heavy atom. The lowest BCUT2D eigenvalue weighted by Crippen LogP contribution is -2.35. The summed E-state index contributed by atoms with van der Waals surface area (Å²) in [6, 6.07) is 8.37. The van der Waals surface area contributed by atoms with Gasteiger partial charge in [0, 0.05) is 23.0 Å². The monoisotopic (exact) mass is 561 g/mol. The zero-order valence-electron chi connectivity index (χ0n) is 19.5. The van der Waals surface area contributed by atoms with Gasteiger partial charge in [0.15, 0.2) is 5.78 Å². The first-order valence-corrected chi connectivity index (χ1v) is 14.2. The van der Waals surface area contributed by atoms with Crippen LogP contribution in [0.3, 0.4) is 0 Å². The van der Waals surface area contributed by atoms with Crippen LogP contribution >= 0.6 is 34.8 Å². The van der Waals surface area contributed by atoms with Gasteiger partial charge in [-0.05, 0) is 49.6 Å². The maximum atomic E-state index is 13.4. The minimum atomic E-state index is -4.06. The van der Waals surface area contributed by atoms with Crippen LogP contribution in [0, 0.1) is 0 Å². The van der Waals surface area contributed by atoms with Gasteiger partial charge in [-0.25, -0.2) is 13.1 Å². The molecule has 2 aromatic rings. The average molecular weight is 563 g/mol. The number of hydrogen-bond donors (Lipinski definition) is 2. The van der Waals surface area contributed by atoms with Crippen LogP contribution in [-0.4, -0.2) is 31.3 Å². The Morgan fingerprint density at radius 1 is 0.943 bits per heavy atom. The first kappa shape index (κ1) is 29.6. The van der Waals surface area contributed by atoms with Crippen molar-refractivity contribution >= 4 is 56.6 Å². The van der Waals surface area contributed by atoms with Crippen molar-refractivity contribution < 1.29 is 23.1 Å². The molecule has 192 valence electrons. The summed E-state index contributed by atoms with van der Waals surface area (Å²) in [5, 5.41) is 9.17. The van der Waals surface area contributed by atoms with Gasteiger partial charge in [-0.15, -0.1) is 0 Å². The molecule has 35 heavy (non-hydrogen) atoms. The molecule has 10 heteroatoms. The summed E-state index contributed by atoms with van der Waals surface area (Å²) in [7, 11) is -4.06. The third-order valence-electron chi connectivity index (χ3n) is 5.57. The van der Waals surface area contributed by atoms with E-state index in [1.54, 1.807) is 0 Å². The van der Waals surface area contributed by atoms with Crippen molar-refractivity contribution in [1.29, 1.82) is 0 Å². The van der Waals surface area contributed by atoms with Crippen molar-refractivity contribution in [3.8, 4) is 0 Å². The number of unbranched alkanes of at least 4 members (excludes halogenated alkanes) is 4. The normalized spacial score (nSPS) is 12.5. The molecule has 0 spiro atoms. The third kappa shape index (κ3) is 9.07. The fraction of sp³-hybridized carbons (Fsp3) is 0.440. The summed E-state index contributed by atoms with van der Waals surface area (Å²) in [6.45, 7) is 1.98. The van der Waals surface area contributed by atoms with Crippen LogP contribution < -0.4 is 4.72 Å². The predicted molar refractivity (Wildman–Crippen MR) is 140 cm³/mol. The number of halogens is 3. The highest BCUT2D eigenvalue weighted by atomic mass is 35.5. The second-order valence-electron chi connectivity index (χ2n) is 8.37. The average Bonchev–Trinajstić information content (AvgIpc) is 2.77. The van der Waals surface area contributed by atoms with Gasteiger partial charge in [-0.3, -0.25) is 9.59 Å². The first-order chi connectivity index (χ1) is 16.6. The fourth-order valence-corrected chi connectivity index (χ4v) is 6.19. The topological polar surface area (TPSA) is 101 Å². The third-order valence-corrected chi connectivity index (χ3v) is 8.00. The standard InChI is InChI=1S/C25H30Cl3NO5S/c1-2-9-18(10-6-4-3-5-7-13-23(30)31)29-35(33,34)22-12-8-11-20(27)24(22)25(32)19-15-14-17(26)16-21(19)28/h8,11-12,14-16,18,29H,2-7,9-10,13H2,1H3,(H,30,31). The molecule has 0 heterocycles. The number of hydrogen-bond acceptors (Lipinski definition) is 4. The minimum absolute atomic E-state index is 0.0114. The molecular weight excluding hydrogens is 533 g/mol. The SMILES string of the molecule is CCCC(CCCCCCCC(=O)O)NS(=O)(=O)c1cccc(Cl)c1C(=O)c1ccc(Cl)cc1Cl. The molecule has 6 nitrogen and oxygen atoms in total. The Balaban J connectivity index is 2.17. The summed E-state index contributed by atoms with van der Waals surface area (Å²) in [6.07, 6.45) is 6.30.